The number of aromatic nitrogens is 3. The Morgan fingerprint density at radius 3 is 3.08 bits per heavy atom. The fraction of sp³-hybridized carbons (Fsp3) is 0.222. The summed E-state index contributed by atoms with van der Waals surface area (Å²) < 4.78 is 11.0. The van der Waals surface area contributed by atoms with Gasteiger partial charge in [0.15, 0.2) is 16.9 Å². The zero-order chi connectivity index (χ0) is 18.5. The lowest BCUT2D eigenvalue weighted by Gasteiger charge is -2.07. The zero-order valence-electron chi connectivity index (χ0n) is 14.4. The second-order valence-corrected chi connectivity index (χ2v) is 6.43. The summed E-state index contributed by atoms with van der Waals surface area (Å²) in [5, 5.41) is 13.3. The number of ether oxygens (including phenoxy) is 1. The van der Waals surface area contributed by atoms with Crippen molar-refractivity contribution in [1.82, 2.24) is 15.2 Å². The summed E-state index contributed by atoms with van der Waals surface area (Å²) in [7, 11) is 0. The largest absolute Gasteiger partial charge is 0.448 e. The highest BCUT2D eigenvalue weighted by Gasteiger charge is 2.21. The number of esters is 1. The summed E-state index contributed by atoms with van der Waals surface area (Å²) in [5.74, 6) is 0.0713. The fourth-order valence-corrected chi connectivity index (χ4v) is 2.86. The third-order valence-corrected chi connectivity index (χ3v) is 4.25. The number of nitrogens with zero attached hydrogens (tertiary/aromatic N) is 3. The van der Waals surface area contributed by atoms with Gasteiger partial charge in [0.05, 0.1) is 0 Å². The Morgan fingerprint density at radius 2 is 2.31 bits per heavy atom. The van der Waals surface area contributed by atoms with Gasteiger partial charge in [-0.2, -0.15) is 0 Å². The van der Waals surface area contributed by atoms with E-state index in [-0.39, 0.29) is 11.6 Å². The third kappa shape index (κ3) is 4.15. The third-order valence-electron chi connectivity index (χ3n) is 3.45. The number of hydrogen-bond acceptors (Lipinski definition) is 8. The molecule has 2 aromatic heterocycles. The Labute approximate surface area is 154 Å². The summed E-state index contributed by atoms with van der Waals surface area (Å²) in [6.45, 7) is 7.85. The van der Waals surface area contributed by atoms with E-state index in [1.807, 2.05) is 31.2 Å². The molecule has 1 atom stereocenters. The van der Waals surface area contributed by atoms with Crippen LogP contribution >= 0.6 is 11.3 Å². The summed E-state index contributed by atoms with van der Waals surface area (Å²) in [5.41, 5.74) is 2.14. The van der Waals surface area contributed by atoms with Gasteiger partial charge in [0, 0.05) is 17.5 Å². The number of nitrogens with one attached hydrogen (secondary N) is 1. The number of hydrogen-bond donors (Lipinski definition) is 1. The van der Waals surface area contributed by atoms with Crippen molar-refractivity contribution in [2.45, 2.75) is 20.0 Å². The van der Waals surface area contributed by atoms with Crippen LogP contribution in [-0.4, -0.2) is 27.7 Å². The minimum absolute atomic E-state index is 0.229. The van der Waals surface area contributed by atoms with Gasteiger partial charge in [-0.3, -0.25) is 0 Å². The zero-order valence-corrected chi connectivity index (χ0v) is 15.2. The monoisotopic (exact) mass is 370 g/mol. The number of carbonyl (C=O) groups is 1. The summed E-state index contributed by atoms with van der Waals surface area (Å²) in [6, 6.07) is 7.73. The highest BCUT2D eigenvalue weighted by molar-refractivity contribution is 7.13. The highest BCUT2D eigenvalue weighted by atomic mass is 32.1. The molecule has 3 rings (SSSR count). The maximum absolute atomic E-state index is 12.2. The van der Waals surface area contributed by atoms with Gasteiger partial charge >= 0.3 is 5.97 Å². The van der Waals surface area contributed by atoms with E-state index < -0.39 is 12.1 Å². The second kappa shape index (κ2) is 7.92. The van der Waals surface area contributed by atoms with Crippen LogP contribution in [0.3, 0.4) is 0 Å². The lowest BCUT2D eigenvalue weighted by atomic mass is 10.1. The molecule has 1 aromatic carbocycles. The molecule has 0 bridgehead atoms. The van der Waals surface area contributed by atoms with Gasteiger partial charge < -0.3 is 14.5 Å². The van der Waals surface area contributed by atoms with E-state index in [0.717, 1.165) is 11.1 Å². The van der Waals surface area contributed by atoms with E-state index in [4.69, 9.17) is 9.15 Å². The first-order valence-corrected chi connectivity index (χ1v) is 8.86. The molecular weight excluding hydrogens is 352 g/mol. The summed E-state index contributed by atoms with van der Waals surface area (Å²) in [6.07, 6.45) is 1.03. The van der Waals surface area contributed by atoms with Crippen LogP contribution < -0.4 is 5.32 Å². The molecule has 0 saturated carbocycles. The molecule has 0 spiro atoms. The van der Waals surface area contributed by atoms with E-state index in [0.29, 0.717) is 17.6 Å². The minimum atomic E-state index is -0.681. The van der Waals surface area contributed by atoms with Crippen LogP contribution in [0.15, 0.2) is 46.7 Å². The molecule has 0 saturated heterocycles. The van der Waals surface area contributed by atoms with Gasteiger partial charge in [0.2, 0.25) is 5.89 Å². The van der Waals surface area contributed by atoms with Gasteiger partial charge in [0.1, 0.15) is 0 Å². The molecule has 134 valence electrons. The van der Waals surface area contributed by atoms with Crippen molar-refractivity contribution in [3.05, 3.63) is 59.4 Å². The average molecular weight is 370 g/mol. The van der Waals surface area contributed by atoms with Crippen molar-refractivity contribution < 1.29 is 13.9 Å². The van der Waals surface area contributed by atoms with Gasteiger partial charge in [-0.05, 0) is 26.0 Å². The molecule has 1 unspecified atom stereocenters. The van der Waals surface area contributed by atoms with Crippen LogP contribution in [0.5, 0.6) is 0 Å². The molecule has 0 fully saturated rings. The number of benzene rings is 1. The number of aryl methyl sites for hydroxylation is 1. The normalized spacial score (nSPS) is 11.8. The average Bonchev–Trinajstić information content (AvgIpc) is 3.29. The Morgan fingerprint density at radius 1 is 1.46 bits per heavy atom. The molecule has 0 aliphatic rings. The number of anilines is 1. The Hall–Kier alpha value is -3.00. The Bertz CT molecular complexity index is 919. The van der Waals surface area contributed by atoms with E-state index in [1.165, 1.54) is 11.3 Å². The molecule has 8 heteroatoms. The van der Waals surface area contributed by atoms with Gasteiger partial charge in [-0.1, -0.05) is 23.8 Å². The molecular formula is C18H18N4O3S. The highest BCUT2D eigenvalue weighted by Crippen LogP contribution is 2.24. The topological polar surface area (TPSA) is 90.1 Å². The van der Waals surface area contributed by atoms with Crippen LogP contribution in [0.25, 0.3) is 11.5 Å². The molecule has 1 N–H and O–H groups in total. The molecule has 26 heavy (non-hydrogen) atoms. The quantitative estimate of drug-likeness (QED) is 0.496. The van der Waals surface area contributed by atoms with Crippen molar-refractivity contribution >= 4 is 22.4 Å². The first-order valence-electron chi connectivity index (χ1n) is 7.98. The predicted octanol–water partition coefficient (Wildman–Crippen LogP) is 4.02. The van der Waals surface area contributed by atoms with E-state index >= 15 is 0 Å². The van der Waals surface area contributed by atoms with Crippen LogP contribution in [-0.2, 0) is 4.74 Å². The molecule has 0 amide bonds. The van der Waals surface area contributed by atoms with Crippen molar-refractivity contribution in [2.24, 2.45) is 0 Å². The fourth-order valence-electron chi connectivity index (χ4n) is 2.17. The van der Waals surface area contributed by atoms with Crippen LogP contribution in [0, 0.1) is 6.92 Å². The van der Waals surface area contributed by atoms with E-state index in [1.54, 1.807) is 18.4 Å². The maximum Gasteiger partial charge on any atom is 0.358 e. The summed E-state index contributed by atoms with van der Waals surface area (Å²) in [4.78, 5) is 16.4. The van der Waals surface area contributed by atoms with Crippen molar-refractivity contribution in [3.63, 3.8) is 0 Å². The smallest absolute Gasteiger partial charge is 0.358 e. The van der Waals surface area contributed by atoms with Crippen molar-refractivity contribution in [1.29, 1.82) is 0 Å². The van der Waals surface area contributed by atoms with E-state index in [9.17, 15) is 4.79 Å². The van der Waals surface area contributed by atoms with Gasteiger partial charge in [-0.25, -0.2) is 9.78 Å². The Balaban J connectivity index is 1.66. The van der Waals surface area contributed by atoms with Gasteiger partial charge in [-0.15, -0.1) is 28.1 Å². The SMILES string of the molecule is C=CCNc1nc(C(=O)OC(C)c2nnc(-c3cccc(C)c3)o2)cs1. The first kappa shape index (κ1) is 17.8. The lowest BCUT2D eigenvalue weighted by molar-refractivity contribution is 0.0274. The molecule has 2 heterocycles. The second-order valence-electron chi connectivity index (χ2n) is 5.57. The van der Waals surface area contributed by atoms with Crippen LogP contribution in [0.1, 0.15) is 35.0 Å². The molecule has 3 aromatic rings. The van der Waals surface area contributed by atoms with Crippen molar-refractivity contribution in [2.75, 3.05) is 11.9 Å². The Kier molecular flexibility index (Phi) is 5.43. The van der Waals surface area contributed by atoms with Crippen LogP contribution in [0.2, 0.25) is 0 Å². The maximum atomic E-state index is 12.2. The number of thiazole rings is 1. The summed E-state index contributed by atoms with van der Waals surface area (Å²) >= 11 is 1.32. The van der Waals surface area contributed by atoms with Gasteiger partial charge in [0.25, 0.3) is 5.89 Å². The van der Waals surface area contributed by atoms with Crippen molar-refractivity contribution in [3.8, 4) is 11.5 Å². The standard InChI is InChI=1S/C18H18N4O3S/c1-4-8-19-18-20-14(10-26-18)17(23)24-12(3)15-21-22-16(25-15)13-7-5-6-11(2)9-13/h4-7,9-10,12H,1,8H2,2-3H3,(H,19,20). The number of rotatable bonds is 7. The lowest BCUT2D eigenvalue weighted by Crippen LogP contribution is -2.10. The molecule has 7 nitrogen and oxygen atoms in total. The minimum Gasteiger partial charge on any atom is -0.448 e. The van der Waals surface area contributed by atoms with Crippen LogP contribution in [0.4, 0.5) is 5.13 Å². The predicted molar refractivity (Wildman–Crippen MR) is 99.1 cm³/mol. The molecule has 0 aliphatic carbocycles. The first-order chi connectivity index (χ1) is 12.6. The van der Waals surface area contributed by atoms with E-state index in [2.05, 4.69) is 27.1 Å². The number of carbonyl (C=O) groups excluding carboxylic acids is 1. The molecule has 0 radical (unpaired) electrons. The molecule has 0 aliphatic heterocycles.